The molecule has 4 heteroatoms. The minimum absolute atomic E-state index is 0.190. The Kier molecular flexibility index (Phi) is 4.14. The van der Waals surface area contributed by atoms with Crippen LogP contribution in [0.5, 0.6) is 0 Å². The fraction of sp³-hybridized carbons (Fsp3) is 0.917. The summed E-state index contributed by atoms with van der Waals surface area (Å²) in [4.78, 5) is 13.5. The first-order valence-electron chi connectivity index (χ1n) is 6.28. The summed E-state index contributed by atoms with van der Waals surface area (Å²) in [6, 6.07) is -0.190. The zero-order valence-corrected chi connectivity index (χ0v) is 10.7. The van der Waals surface area contributed by atoms with Crippen LogP contribution >= 0.6 is 11.8 Å². The smallest absolute Gasteiger partial charge is 0.321 e. The average molecular weight is 243 g/mol. The molecule has 16 heavy (non-hydrogen) atoms. The van der Waals surface area contributed by atoms with Crippen molar-refractivity contribution in [3.63, 3.8) is 0 Å². The van der Waals surface area contributed by atoms with E-state index in [2.05, 4.69) is 11.8 Å². The Morgan fingerprint density at radius 1 is 1.50 bits per heavy atom. The maximum atomic E-state index is 11.3. The highest BCUT2D eigenvalue weighted by Crippen LogP contribution is 2.42. The zero-order chi connectivity index (χ0) is 11.5. The standard InChI is InChI=1S/C12H21NO2S/c1-2-16-7-6-13-8-9-4-3-5-10(9)11(13)12(14)15/h9-11H,2-8H2,1H3,(H,14,15). The number of fused-ring (bicyclic) bond motifs is 1. The predicted octanol–water partition coefficient (Wildman–Crippen LogP) is 1.92. The minimum atomic E-state index is -0.601. The van der Waals surface area contributed by atoms with E-state index in [9.17, 15) is 9.90 Å². The number of likely N-dealkylation sites (tertiary alicyclic amines) is 1. The number of carboxylic acid groups (broad SMARTS) is 1. The lowest BCUT2D eigenvalue weighted by Crippen LogP contribution is -2.40. The summed E-state index contributed by atoms with van der Waals surface area (Å²) in [6.07, 6.45) is 3.60. The maximum Gasteiger partial charge on any atom is 0.321 e. The SMILES string of the molecule is CCSCCN1CC2CCCC2C1C(=O)O. The molecule has 2 fully saturated rings. The first kappa shape index (κ1) is 12.2. The van der Waals surface area contributed by atoms with Gasteiger partial charge in [0.25, 0.3) is 0 Å². The van der Waals surface area contributed by atoms with E-state index in [1.54, 1.807) is 0 Å². The summed E-state index contributed by atoms with van der Waals surface area (Å²) < 4.78 is 0. The van der Waals surface area contributed by atoms with Crippen LogP contribution in [0.3, 0.4) is 0 Å². The Labute approximate surface area is 102 Å². The molecule has 1 saturated heterocycles. The van der Waals surface area contributed by atoms with Crippen LogP contribution in [-0.2, 0) is 4.79 Å². The van der Waals surface area contributed by atoms with Gasteiger partial charge in [-0.05, 0) is 30.4 Å². The molecule has 0 amide bonds. The molecule has 0 spiro atoms. The Balaban J connectivity index is 1.94. The van der Waals surface area contributed by atoms with Crippen LogP contribution in [0.2, 0.25) is 0 Å². The number of aliphatic carboxylic acids is 1. The second-order valence-corrected chi connectivity index (χ2v) is 6.22. The van der Waals surface area contributed by atoms with Gasteiger partial charge in [-0.1, -0.05) is 13.3 Å². The second kappa shape index (κ2) is 5.41. The van der Waals surface area contributed by atoms with Crippen LogP contribution in [0.4, 0.5) is 0 Å². The monoisotopic (exact) mass is 243 g/mol. The highest BCUT2D eigenvalue weighted by molar-refractivity contribution is 7.99. The van der Waals surface area contributed by atoms with Crippen molar-refractivity contribution in [3.05, 3.63) is 0 Å². The van der Waals surface area contributed by atoms with E-state index in [0.29, 0.717) is 11.8 Å². The lowest BCUT2D eigenvalue weighted by Gasteiger charge is -2.23. The van der Waals surface area contributed by atoms with Crippen molar-refractivity contribution in [2.45, 2.75) is 32.2 Å². The molecule has 92 valence electrons. The number of rotatable bonds is 5. The molecule has 0 radical (unpaired) electrons. The third kappa shape index (κ3) is 2.38. The predicted molar refractivity (Wildman–Crippen MR) is 66.8 cm³/mol. The van der Waals surface area contributed by atoms with E-state index >= 15 is 0 Å². The third-order valence-electron chi connectivity index (χ3n) is 3.97. The first-order valence-corrected chi connectivity index (χ1v) is 7.44. The maximum absolute atomic E-state index is 11.3. The van der Waals surface area contributed by atoms with Crippen molar-refractivity contribution in [1.29, 1.82) is 0 Å². The van der Waals surface area contributed by atoms with Gasteiger partial charge in [0, 0.05) is 18.8 Å². The first-order chi connectivity index (χ1) is 7.74. The number of carboxylic acids is 1. The number of nitrogens with zero attached hydrogens (tertiary/aromatic N) is 1. The van der Waals surface area contributed by atoms with Crippen molar-refractivity contribution >= 4 is 17.7 Å². The highest BCUT2D eigenvalue weighted by atomic mass is 32.2. The summed E-state index contributed by atoms with van der Waals surface area (Å²) >= 11 is 1.90. The van der Waals surface area contributed by atoms with Crippen molar-refractivity contribution in [2.24, 2.45) is 11.8 Å². The van der Waals surface area contributed by atoms with Crippen LogP contribution < -0.4 is 0 Å². The van der Waals surface area contributed by atoms with E-state index in [4.69, 9.17) is 0 Å². The molecule has 0 bridgehead atoms. The Morgan fingerprint density at radius 3 is 3.00 bits per heavy atom. The Hall–Kier alpha value is -0.220. The molecule has 1 aliphatic heterocycles. The Morgan fingerprint density at radius 2 is 2.31 bits per heavy atom. The number of thioether (sulfide) groups is 1. The summed E-state index contributed by atoms with van der Waals surface area (Å²) in [5.41, 5.74) is 0. The molecule has 1 aliphatic carbocycles. The van der Waals surface area contributed by atoms with E-state index in [0.717, 1.165) is 31.0 Å². The summed E-state index contributed by atoms with van der Waals surface area (Å²) in [6.45, 7) is 4.12. The van der Waals surface area contributed by atoms with Crippen LogP contribution in [0, 0.1) is 11.8 Å². The normalized spacial score (nSPS) is 34.2. The molecule has 3 nitrogen and oxygen atoms in total. The van der Waals surface area contributed by atoms with Gasteiger partial charge >= 0.3 is 5.97 Å². The van der Waals surface area contributed by atoms with Crippen LogP contribution in [0.15, 0.2) is 0 Å². The molecule has 1 heterocycles. The van der Waals surface area contributed by atoms with Gasteiger partial charge in [-0.25, -0.2) is 0 Å². The van der Waals surface area contributed by atoms with Crippen molar-refractivity contribution < 1.29 is 9.90 Å². The van der Waals surface area contributed by atoms with Gasteiger partial charge in [0.1, 0.15) is 6.04 Å². The lowest BCUT2D eigenvalue weighted by atomic mass is 9.94. The van der Waals surface area contributed by atoms with E-state index in [1.807, 2.05) is 11.8 Å². The van der Waals surface area contributed by atoms with Gasteiger partial charge in [-0.15, -0.1) is 0 Å². The fourth-order valence-corrected chi connectivity index (χ4v) is 3.94. The molecule has 0 aromatic rings. The number of hydrogen-bond acceptors (Lipinski definition) is 3. The number of hydrogen-bond donors (Lipinski definition) is 1. The minimum Gasteiger partial charge on any atom is -0.480 e. The molecule has 1 N–H and O–H groups in total. The van der Waals surface area contributed by atoms with Crippen molar-refractivity contribution in [3.8, 4) is 0 Å². The lowest BCUT2D eigenvalue weighted by molar-refractivity contribution is -0.143. The summed E-state index contributed by atoms with van der Waals surface area (Å²) in [5, 5.41) is 9.34. The van der Waals surface area contributed by atoms with Crippen molar-refractivity contribution in [1.82, 2.24) is 4.90 Å². The van der Waals surface area contributed by atoms with Gasteiger partial charge in [0.05, 0.1) is 0 Å². The van der Waals surface area contributed by atoms with Crippen molar-refractivity contribution in [2.75, 3.05) is 24.6 Å². The summed E-state index contributed by atoms with van der Waals surface area (Å²) in [5.74, 6) is 2.69. The second-order valence-electron chi connectivity index (χ2n) is 4.83. The molecule has 3 unspecified atom stereocenters. The quantitative estimate of drug-likeness (QED) is 0.749. The molecule has 0 aromatic carbocycles. The third-order valence-corrected chi connectivity index (χ3v) is 4.85. The van der Waals surface area contributed by atoms with Crippen LogP contribution in [-0.4, -0.2) is 46.6 Å². The highest BCUT2D eigenvalue weighted by Gasteiger charge is 2.47. The molecule has 1 saturated carbocycles. The van der Waals surface area contributed by atoms with Gasteiger partial charge in [-0.3, -0.25) is 9.69 Å². The molecule has 2 rings (SSSR count). The largest absolute Gasteiger partial charge is 0.480 e. The molecule has 3 atom stereocenters. The molecule has 0 aromatic heterocycles. The van der Waals surface area contributed by atoms with E-state index in [1.165, 1.54) is 12.8 Å². The molecule has 2 aliphatic rings. The topological polar surface area (TPSA) is 40.5 Å². The van der Waals surface area contributed by atoms with Gasteiger partial charge in [0.15, 0.2) is 0 Å². The van der Waals surface area contributed by atoms with Crippen LogP contribution in [0.25, 0.3) is 0 Å². The molecular weight excluding hydrogens is 222 g/mol. The van der Waals surface area contributed by atoms with Crippen LogP contribution in [0.1, 0.15) is 26.2 Å². The zero-order valence-electron chi connectivity index (χ0n) is 9.89. The molecular formula is C12H21NO2S. The van der Waals surface area contributed by atoms with Gasteiger partial charge in [0.2, 0.25) is 0 Å². The van der Waals surface area contributed by atoms with Gasteiger partial charge in [-0.2, -0.15) is 11.8 Å². The van der Waals surface area contributed by atoms with Gasteiger partial charge < -0.3 is 5.11 Å². The van der Waals surface area contributed by atoms with E-state index in [-0.39, 0.29) is 6.04 Å². The van der Waals surface area contributed by atoms with E-state index < -0.39 is 5.97 Å². The summed E-state index contributed by atoms with van der Waals surface area (Å²) in [7, 11) is 0. The fourth-order valence-electron chi connectivity index (χ4n) is 3.29. The average Bonchev–Trinajstić information content (AvgIpc) is 2.76. The Bertz CT molecular complexity index is 259. The number of carbonyl (C=O) groups is 1.